The molecule has 2 aromatic carbocycles. The Kier molecular flexibility index (Phi) is 5.89. The molecule has 2 N–H and O–H groups in total. The van der Waals surface area contributed by atoms with Crippen molar-refractivity contribution >= 4 is 38.7 Å². The van der Waals surface area contributed by atoms with Crippen LogP contribution in [0, 0.1) is 0 Å². The molecule has 0 saturated heterocycles. The van der Waals surface area contributed by atoms with Gasteiger partial charge in [0.2, 0.25) is 15.9 Å². The summed E-state index contributed by atoms with van der Waals surface area (Å²) in [5.41, 5.74) is 1.72. The number of nitrogens with one attached hydrogen (secondary N) is 2. The van der Waals surface area contributed by atoms with E-state index in [2.05, 4.69) is 18.8 Å². The van der Waals surface area contributed by atoms with Crippen molar-refractivity contribution in [2.45, 2.75) is 49.1 Å². The fraction of sp³-hybridized carbons (Fsp3) is 0.350. The molecule has 4 rings (SSSR count). The zero-order valence-electron chi connectivity index (χ0n) is 15.7. The summed E-state index contributed by atoms with van der Waals surface area (Å²) in [5.74, 6) is -0.298. The van der Waals surface area contributed by atoms with Gasteiger partial charge in [0.1, 0.15) is 22.0 Å². The van der Waals surface area contributed by atoms with E-state index < -0.39 is 16.1 Å². The molecule has 1 atom stereocenters. The first-order valence-electron chi connectivity index (χ1n) is 9.61. The lowest BCUT2D eigenvalue weighted by atomic mass is 10.1. The van der Waals surface area contributed by atoms with E-state index in [1.54, 1.807) is 12.1 Å². The molecule has 9 heteroatoms. The third-order valence-corrected chi connectivity index (χ3v) is 7.18. The lowest BCUT2D eigenvalue weighted by Crippen LogP contribution is -2.50. The number of aromatic nitrogens is 2. The van der Waals surface area contributed by atoms with Gasteiger partial charge in [-0.25, -0.2) is 8.42 Å². The summed E-state index contributed by atoms with van der Waals surface area (Å²) in [6.07, 6.45) is 4.29. The third-order valence-electron chi connectivity index (χ3n) is 5.14. The van der Waals surface area contributed by atoms with Crippen molar-refractivity contribution in [2.75, 3.05) is 0 Å². The lowest BCUT2D eigenvalue weighted by molar-refractivity contribution is -0.123. The Bertz CT molecular complexity index is 1090. The second-order valence-corrected chi connectivity index (χ2v) is 9.45. The number of fused-ring (bicyclic) bond motifs is 1. The topological polar surface area (TPSA) is 101 Å². The van der Waals surface area contributed by atoms with Crippen LogP contribution in [0.1, 0.15) is 31.2 Å². The van der Waals surface area contributed by atoms with Gasteiger partial charge < -0.3 is 5.32 Å². The van der Waals surface area contributed by atoms with Crippen LogP contribution in [0.4, 0.5) is 0 Å². The zero-order chi connectivity index (χ0) is 20.3. The van der Waals surface area contributed by atoms with Crippen molar-refractivity contribution in [3.63, 3.8) is 0 Å². The highest BCUT2D eigenvalue weighted by Gasteiger charge is 2.29. The fourth-order valence-corrected chi connectivity index (χ4v) is 5.62. The van der Waals surface area contributed by atoms with Crippen molar-refractivity contribution in [1.29, 1.82) is 0 Å². The maximum Gasteiger partial charge on any atom is 0.243 e. The third kappa shape index (κ3) is 4.63. The van der Waals surface area contributed by atoms with Crippen LogP contribution < -0.4 is 10.0 Å². The van der Waals surface area contributed by atoms with Crippen LogP contribution in [0.5, 0.6) is 0 Å². The number of benzene rings is 2. The van der Waals surface area contributed by atoms with Crippen molar-refractivity contribution in [2.24, 2.45) is 0 Å². The summed E-state index contributed by atoms with van der Waals surface area (Å²) in [5, 5.41) is 3.01. The monoisotopic (exact) mass is 430 g/mol. The van der Waals surface area contributed by atoms with Gasteiger partial charge >= 0.3 is 0 Å². The van der Waals surface area contributed by atoms with Crippen LogP contribution in [0.3, 0.4) is 0 Å². The molecule has 29 heavy (non-hydrogen) atoms. The van der Waals surface area contributed by atoms with Gasteiger partial charge in [0.05, 0.1) is 11.7 Å². The number of carbonyl (C=O) groups excluding carboxylic acids is 1. The Hall–Kier alpha value is -2.36. The average Bonchev–Trinajstić information content (AvgIpc) is 3.39. The van der Waals surface area contributed by atoms with Gasteiger partial charge in [-0.15, -0.1) is 0 Å². The second-order valence-electron chi connectivity index (χ2n) is 7.24. The molecule has 7 nitrogen and oxygen atoms in total. The largest absolute Gasteiger partial charge is 0.352 e. The van der Waals surface area contributed by atoms with E-state index in [9.17, 15) is 13.2 Å². The van der Waals surface area contributed by atoms with E-state index in [0.717, 1.165) is 43.0 Å². The smallest absolute Gasteiger partial charge is 0.243 e. The van der Waals surface area contributed by atoms with E-state index in [0.29, 0.717) is 11.0 Å². The Morgan fingerprint density at radius 2 is 1.83 bits per heavy atom. The first-order valence-corrected chi connectivity index (χ1v) is 11.8. The highest BCUT2D eigenvalue weighted by atomic mass is 32.2. The van der Waals surface area contributed by atoms with Crippen molar-refractivity contribution in [3.8, 4) is 0 Å². The summed E-state index contributed by atoms with van der Waals surface area (Å²) in [7, 11) is -3.96. The minimum Gasteiger partial charge on any atom is -0.352 e. The molecule has 152 valence electrons. The molecule has 1 amide bonds. The Morgan fingerprint density at radius 3 is 2.59 bits per heavy atom. The Morgan fingerprint density at radius 1 is 1.07 bits per heavy atom. The second kappa shape index (κ2) is 8.56. The minimum atomic E-state index is -3.96. The van der Waals surface area contributed by atoms with Crippen molar-refractivity contribution in [1.82, 2.24) is 18.8 Å². The summed E-state index contributed by atoms with van der Waals surface area (Å²) in [4.78, 5) is 13.0. The quantitative estimate of drug-likeness (QED) is 0.600. The van der Waals surface area contributed by atoms with E-state index in [1.165, 1.54) is 6.07 Å². The molecular formula is C20H22N4O3S2. The Labute approximate surface area is 173 Å². The van der Waals surface area contributed by atoms with Gasteiger partial charge in [-0.2, -0.15) is 13.5 Å². The molecular weight excluding hydrogens is 408 g/mol. The molecule has 1 heterocycles. The van der Waals surface area contributed by atoms with Gasteiger partial charge in [-0.1, -0.05) is 49.2 Å². The molecule has 0 spiro atoms. The number of carbonyl (C=O) groups is 1. The summed E-state index contributed by atoms with van der Waals surface area (Å²) < 4.78 is 37.1. The van der Waals surface area contributed by atoms with Gasteiger partial charge in [0, 0.05) is 6.04 Å². The van der Waals surface area contributed by atoms with Gasteiger partial charge in [0.25, 0.3) is 0 Å². The highest BCUT2D eigenvalue weighted by molar-refractivity contribution is 7.89. The molecule has 1 aliphatic rings. The molecule has 0 aliphatic heterocycles. The van der Waals surface area contributed by atoms with Gasteiger partial charge in [-0.05, 0) is 37.0 Å². The van der Waals surface area contributed by atoms with E-state index in [4.69, 9.17) is 0 Å². The molecule has 1 fully saturated rings. The summed E-state index contributed by atoms with van der Waals surface area (Å²) in [6.45, 7) is 0. The number of rotatable bonds is 7. The minimum absolute atomic E-state index is 0.0375. The molecule has 0 bridgehead atoms. The number of hydrogen-bond donors (Lipinski definition) is 2. The number of amides is 1. The Balaban J connectivity index is 1.61. The maximum atomic E-state index is 13.1. The lowest BCUT2D eigenvalue weighted by Gasteiger charge is -2.21. The van der Waals surface area contributed by atoms with E-state index in [1.807, 2.05) is 30.3 Å². The molecule has 1 aliphatic carbocycles. The van der Waals surface area contributed by atoms with Crippen molar-refractivity contribution in [3.05, 3.63) is 54.1 Å². The molecule has 0 unspecified atom stereocenters. The molecule has 0 radical (unpaired) electrons. The first kappa shape index (κ1) is 19.9. The predicted octanol–water partition coefficient (Wildman–Crippen LogP) is 2.64. The number of nitrogens with zero attached hydrogens (tertiary/aromatic N) is 2. The fourth-order valence-electron chi connectivity index (χ4n) is 3.66. The normalized spacial score (nSPS) is 16.1. The van der Waals surface area contributed by atoms with Crippen LogP contribution in [0.2, 0.25) is 0 Å². The molecule has 1 aromatic heterocycles. The highest BCUT2D eigenvalue weighted by Crippen LogP contribution is 2.22. The summed E-state index contributed by atoms with van der Waals surface area (Å²) in [6, 6.07) is 13.4. The van der Waals surface area contributed by atoms with Crippen LogP contribution in [0.15, 0.2) is 53.4 Å². The average molecular weight is 431 g/mol. The van der Waals surface area contributed by atoms with Gasteiger partial charge in [0.15, 0.2) is 0 Å². The molecule has 3 aromatic rings. The zero-order valence-corrected chi connectivity index (χ0v) is 17.4. The van der Waals surface area contributed by atoms with Crippen LogP contribution in [-0.2, 0) is 21.2 Å². The van der Waals surface area contributed by atoms with Crippen LogP contribution in [-0.4, -0.2) is 35.2 Å². The SMILES string of the molecule is O=C(NC1CCCC1)[C@@H](Cc1ccccc1)NS(=O)(=O)c1cccc2nsnc12. The van der Waals surface area contributed by atoms with Crippen LogP contribution in [0.25, 0.3) is 11.0 Å². The number of sulfonamides is 1. The standard InChI is InChI=1S/C20H22N4O3S2/c25-20(21-15-9-4-5-10-15)17(13-14-7-2-1-3-8-14)24-29(26,27)18-12-6-11-16-19(18)23-28-22-16/h1-3,6-8,11-12,15,17,24H,4-5,9-10,13H2,(H,21,25)/t17-/m1/s1. The number of hydrogen-bond acceptors (Lipinski definition) is 6. The van der Waals surface area contributed by atoms with Crippen LogP contribution >= 0.6 is 11.7 Å². The molecule has 1 saturated carbocycles. The van der Waals surface area contributed by atoms with E-state index in [-0.39, 0.29) is 23.3 Å². The predicted molar refractivity (Wildman–Crippen MR) is 112 cm³/mol. The first-order chi connectivity index (χ1) is 14.0. The summed E-state index contributed by atoms with van der Waals surface area (Å²) >= 11 is 0.961. The van der Waals surface area contributed by atoms with Gasteiger partial charge in [-0.3, -0.25) is 4.79 Å². The van der Waals surface area contributed by atoms with Crippen molar-refractivity contribution < 1.29 is 13.2 Å². The van der Waals surface area contributed by atoms with E-state index >= 15 is 0 Å². The maximum absolute atomic E-state index is 13.1.